The summed E-state index contributed by atoms with van der Waals surface area (Å²) in [5.74, 6) is -1.41. The Morgan fingerprint density at radius 2 is 2.05 bits per heavy atom. The lowest BCUT2D eigenvalue weighted by molar-refractivity contribution is -0.142. The van der Waals surface area contributed by atoms with Gasteiger partial charge in [-0.3, -0.25) is 9.59 Å². The lowest BCUT2D eigenvalue weighted by Gasteiger charge is -2.17. The third kappa shape index (κ3) is 4.87. The van der Waals surface area contributed by atoms with Gasteiger partial charge in [0, 0.05) is 12.6 Å². The largest absolute Gasteiger partial charge is 0.480 e. The molecule has 0 bridgehead atoms. The summed E-state index contributed by atoms with van der Waals surface area (Å²) in [6, 6.07) is 5.09. The number of aliphatic carboxylic acids is 1. The highest BCUT2D eigenvalue weighted by Crippen LogP contribution is 2.26. The van der Waals surface area contributed by atoms with Gasteiger partial charge in [0.05, 0.1) is 10.0 Å². The molecule has 0 saturated carbocycles. The van der Waals surface area contributed by atoms with Crippen molar-refractivity contribution in [2.24, 2.45) is 0 Å². The van der Waals surface area contributed by atoms with E-state index < -0.39 is 5.97 Å². The Morgan fingerprint density at radius 1 is 1.35 bits per heavy atom. The van der Waals surface area contributed by atoms with Gasteiger partial charge in [0.25, 0.3) is 0 Å². The zero-order valence-corrected chi connectivity index (χ0v) is 12.5. The second-order valence-corrected chi connectivity index (χ2v) is 4.92. The first-order chi connectivity index (χ1) is 9.45. The van der Waals surface area contributed by atoms with Crippen LogP contribution in [0.15, 0.2) is 24.3 Å². The third-order valence-corrected chi connectivity index (χ3v) is 3.35. The summed E-state index contributed by atoms with van der Waals surface area (Å²) in [6.07, 6.45) is 3.52. The molecular weight excluding hydrogens is 301 g/mol. The van der Waals surface area contributed by atoms with Gasteiger partial charge in [-0.05, 0) is 24.1 Å². The van der Waals surface area contributed by atoms with Gasteiger partial charge in [-0.25, -0.2) is 0 Å². The van der Waals surface area contributed by atoms with Crippen LogP contribution in [-0.4, -0.2) is 35.0 Å². The molecule has 0 atom stereocenters. The predicted molar refractivity (Wildman–Crippen MR) is 80.0 cm³/mol. The fourth-order valence-corrected chi connectivity index (χ4v) is 1.99. The number of hydrogen-bond acceptors (Lipinski definition) is 2. The fourth-order valence-electron chi connectivity index (χ4n) is 1.62. The molecule has 0 heterocycles. The maximum Gasteiger partial charge on any atom is 0.323 e. The molecule has 0 radical (unpaired) electrons. The third-order valence-electron chi connectivity index (χ3n) is 2.52. The first kappa shape index (κ1) is 16.5. The molecule has 1 rings (SSSR count). The Balaban J connectivity index is 2.83. The van der Waals surface area contributed by atoms with Gasteiger partial charge in [0.1, 0.15) is 6.54 Å². The fraction of sp³-hybridized carbons (Fsp3) is 0.286. The molecule has 20 heavy (non-hydrogen) atoms. The molecule has 6 heteroatoms. The van der Waals surface area contributed by atoms with Crippen molar-refractivity contribution in [3.05, 3.63) is 39.9 Å². The first-order valence-electron chi connectivity index (χ1n) is 6.08. The Morgan fingerprint density at radius 3 is 2.65 bits per heavy atom. The van der Waals surface area contributed by atoms with Gasteiger partial charge in [-0.15, -0.1) is 0 Å². The molecule has 1 N–H and O–H groups in total. The average molecular weight is 316 g/mol. The summed E-state index contributed by atoms with van der Waals surface area (Å²) in [6.45, 7) is 1.94. The summed E-state index contributed by atoms with van der Waals surface area (Å²) >= 11 is 11.9. The van der Waals surface area contributed by atoms with Crippen molar-refractivity contribution in [1.29, 1.82) is 0 Å². The number of benzene rings is 1. The number of carboxylic acids is 1. The number of nitrogens with zero attached hydrogens (tertiary/aromatic N) is 1. The lowest BCUT2D eigenvalue weighted by atomic mass is 10.2. The van der Waals surface area contributed by atoms with E-state index in [4.69, 9.17) is 28.3 Å². The molecule has 0 aliphatic heterocycles. The van der Waals surface area contributed by atoms with Gasteiger partial charge in [0.2, 0.25) is 5.91 Å². The molecule has 0 saturated heterocycles. The molecule has 0 aliphatic rings. The number of halogens is 2. The van der Waals surface area contributed by atoms with E-state index in [1.165, 1.54) is 17.1 Å². The second kappa shape index (κ2) is 7.92. The van der Waals surface area contributed by atoms with Crippen molar-refractivity contribution in [3.8, 4) is 0 Å². The van der Waals surface area contributed by atoms with Gasteiger partial charge in [0.15, 0.2) is 0 Å². The van der Waals surface area contributed by atoms with Crippen molar-refractivity contribution < 1.29 is 14.7 Å². The van der Waals surface area contributed by atoms with E-state index in [1.54, 1.807) is 18.2 Å². The van der Waals surface area contributed by atoms with E-state index in [0.29, 0.717) is 28.6 Å². The maximum atomic E-state index is 11.9. The number of hydrogen-bond donors (Lipinski definition) is 1. The number of carbonyl (C=O) groups is 2. The second-order valence-electron chi connectivity index (χ2n) is 4.13. The molecule has 0 aromatic heterocycles. The summed E-state index contributed by atoms with van der Waals surface area (Å²) in [5, 5.41) is 9.53. The highest BCUT2D eigenvalue weighted by Gasteiger charge is 2.13. The number of carbonyl (C=O) groups excluding carboxylic acids is 1. The van der Waals surface area contributed by atoms with Crippen molar-refractivity contribution >= 4 is 41.2 Å². The number of carboxylic acid groups (broad SMARTS) is 1. The molecule has 0 spiro atoms. The smallest absolute Gasteiger partial charge is 0.323 e. The Labute approximate surface area is 127 Å². The van der Waals surface area contributed by atoms with E-state index >= 15 is 0 Å². The standard InChI is InChI=1S/C14H15Cl2NO3/c1-2-8-17(9-13(19)20)12(18)7-6-10-4-3-5-11(15)14(10)16/h3-7H,2,8-9H2,1H3,(H,19,20)/b7-6+. The van der Waals surface area contributed by atoms with Crippen LogP contribution < -0.4 is 0 Å². The Bertz CT molecular complexity index is 529. The summed E-state index contributed by atoms with van der Waals surface area (Å²) in [4.78, 5) is 23.9. The van der Waals surface area contributed by atoms with Crippen LogP contribution in [0.5, 0.6) is 0 Å². The molecule has 1 aromatic rings. The quantitative estimate of drug-likeness (QED) is 0.819. The summed E-state index contributed by atoms with van der Waals surface area (Å²) in [5.41, 5.74) is 0.610. The molecule has 1 amide bonds. The van der Waals surface area contributed by atoms with Crippen LogP contribution in [0, 0.1) is 0 Å². The maximum absolute atomic E-state index is 11.9. The van der Waals surface area contributed by atoms with Crippen LogP contribution in [0.2, 0.25) is 10.0 Å². The normalized spacial score (nSPS) is 10.8. The molecule has 0 unspecified atom stereocenters. The van der Waals surface area contributed by atoms with E-state index in [9.17, 15) is 9.59 Å². The van der Waals surface area contributed by atoms with Crippen LogP contribution in [-0.2, 0) is 9.59 Å². The van der Waals surface area contributed by atoms with Gasteiger partial charge < -0.3 is 10.0 Å². The van der Waals surface area contributed by atoms with Crippen LogP contribution >= 0.6 is 23.2 Å². The van der Waals surface area contributed by atoms with Crippen LogP contribution in [0.3, 0.4) is 0 Å². The minimum Gasteiger partial charge on any atom is -0.480 e. The van der Waals surface area contributed by atoms with Crippen LogP contribution in [0.4, 0.5) is 0 Å². The Hall–Kier alpha value is -1.52. The minimum absolute atomic E-state index is 0.319. The summed E-state index contributed by atoms with van der Waals surface area (Å²) in [7, 11) is 0. The van der Waals surface area contributed by atoms with Gasteiger partial charge in [-0.1, -0.05) is 42.3 Å². The average Bonchev–Trinajstić information content (AvgIpc) is 2.39. The van der Waals surface area contributed by atoms with Crippen LogP contribution in [0.1, 0.15) is 18.9 Å². The van der Waals surface area contributed by atoms with E-state index in [2.05, 4.69) is 0 Å². The minimum atomic E-state index is -1.04. The van der Waals surface area contributed by atoms with Gasteiger partial charge >= 0.3 is 5.97 Å². The van der Waals surface area contributed by atoms with E-state index in [0.717, 1.165) is 0 Å². The highest BCUT2D eigenvalue weighted by atomic mass is 35.5. The molecule has 0 fully saturated rings. The van der Waals surface area contributed by atoms with E-state index in [1.807, 2.05) is 6.92 Å². The molecular formula is C14H15Cl2NO3. The number of rotatable bonds is 6. The van der Waals surface area contributed by atoms with Crippen molar-refractivity contribution in [2.75, 3.05) is 13.1 Å². The van der Waals surface area contributed by atoms with Crippen LogP contribution in [0.25, 0.3) is 6.08 Å². The van der Waals surface area contributed by atoms with Crippen molar-refractivity contribution in [1.82, 2.24) is 4.90 Å². The van der Waals surface area contributed by atoms with E-state index in [-0.39, 0.29) is 12.5 Å². The monoisotopic (exact) mass is 315 g/mol. The summed E-state index contributed by atoms with van der Waals surface area (Å²) < 4.78 is 0. The first-order valence-corrected chi connectivity index (χ1v) is 6.84. The zero-order chi connectivity index (χ0) is 15.1. The predicted octanol–water partition coefficient (Wildman–Crippen LogP) is 3.33. The molecule has 108 valence electrons. The molecule has 1 aromatic carbocycles. The topological polar surface area (TPSA) is 57.6 Å². The van der Waals surface area contributed by atoms with Crippen molar-refractivity contribution in [3.63, 3.8) is 0 Å². The molecule has 4 nitrogen and oxygen atoms in total. The zero-order valence-electron chi connectivity index (χ0n) is 11.0. The van der Waals surface area contributed by atoms with Gasteiger partial charge in [-0.2, -0.15) is 0 Å². The Kier molecular flexibility index (Phi) is 6.55. The number of amides is 1. The highest BCUT2D eigenvalue weighted by molar-refractivity contribution is 6.42. The lowest BCUT2D eigenvalue weighted by Crippen LogP contribution is -2.35. The SMILES string of the molecule is CCCN(CC(=O)O)C(=O)/C=C/c1cccc(Cl)c1Cl. The molecule has 0 aliphatic carbocycles. The van der Waals surface area contributed by atoms with Crippen molar-refractivity contribution in [2.45, 2.75) is 13.3 Å².